The highest BCUT2D eigenvalue weighted by Crippen LogP contribution is 2.45. The molecule has 4 rings (SSSR count). The van der Waals surface area contributed by atoms with E-state index in [-0.39, 0.29) is 34.1 Å². The number of benzene rings is 1. The molecule has 0 spiro atoms. The van der Waals surface area contributed by atoms with Gasteiger partial charge in [-0.2, -0.15) is 44.7 Å². The van der Waals surface area contributed by atoms with Gasteiger partial charge in [0.2, 0.25) is 0 Å². The quantitative estimate of drug-likeness (QED) is 0.217. The number of rotatable bonds is 4. The first-order chi connectivity index (χ1) is 17.1. The Hall–Kier alpha value is -3.58. The maximum Gasteiger partial charge on any atom is 0.458 e. The van der Waals surface area contributed by atoms with Crippen LogP contribution in [0.15, 0.2) is 41.4 Å². The maximum absolute atomic E-state index is 13.8. The summed E-state index contributed by atoms with van der Waals surface area (Å²) in [7, 11) is 1.55. The van der Waals surface area contributed by atoms with E-state index in [1.807, 2.05) is 0 Å². The fourth-order valence-corrected chi connectivity index (χ4v) is 4.19. The molecule has 0 aliphatic heterocycles. The van der Waals surface area contributed by atoms with E-state index in [1.165, 1.54) is 22.4 Å². The topological polar surface area (TPSA) is 77.7 Å². The average molecular weight is 550 g/mol. The van der Waals surface area contributed by atoms with Crippen molar-refractivity contribution in [3.8, 4) is 11.5 Å². The Morgan fingerprint density at radius 3 is 2.16 bits per heavy atom. The van der Waals surface area contributed by atoms with Gasteiger partial charge in [0.25, 0.3) is 0 Å². The summed E-state index contributed by atoms with van der Waals surface area (Å²) >= 11 is 1.24. The molecule has 3 heterocycles. The van der Waals surface area contributed by atoms with Crippen LogP contribution in [0.25, 0.3) is 33.5 Å². The minimum absolute atomic E-state index is 0.0225. The van der Waals surface area contributed by atoms with Crippen molar-refractivity contribution in [2.75, 3.05) is 5.75 Å². The highest BCUT2D eigenvalue weighted by Gasteiger charge is 2.58. The molecule has 1 aromatic carbocycles. The van der Waals surface area contributed by atoms with Gasteiger partial charge in [0.1, 0.15) is 11.4 Å². The Labute approximate surface area is 206 Å². The van der Waals surface area contributed by atoms with Gasteiger partial charge < -0.3 is 4.57 Å². The highest BCUT2D eigenvalue weighted by atomic mass is 32.2. The number of thioether (sulfide) groups is 1. The molecule has 0 bridgehead atoms. The Morgan fingerprint density at radius 1 is 0.946 bits per heavy atom. The van der Waals surface area contributed by atoms with Crippen LogP contribution in [0.5, 0.6) is 0 Å². The third-order valence-electron chi connectivity index (χ3n) is 5.07. The standard InChI is InChI=1S/C21H14F8N4S.CO2/c1-3-34-15-7-10-6-11(19(22,23)21(27,28)29)4-5-12(10)31-17(15)18-32-13-8-16(20(24,25)26)30-9-14(13)33(18)2;2-1-3/h4-9H,3H2,1-2H3;. The second-order valence-corrected chi connectivity index (χ2v) is 8.69. The van der Waals surface area contributed by atoms with Crippen molar-refractivity contribution < 1.29 is 44.7 Å². The third-order valence-corrected chi connectivity index (χ3v) is 5.98. The van der Waals surface area contributed by atoms with E-state index in [1.54, 1.807) is 14.0 Å². The molecular formula is C22H14F8N4O2S. The average Bonchev–Trinajstić information content (AvgIpc) is 3.13. The smallest absolute Gasteiger partial charge is 0.325 e. The predicted octanol–water partition coefficient (Wildman–Crippen LogP) is 6.38. The van der Waals surface area contributed by atoms with Gasteiger partial charge in [-0.15, -0.1) is 11.8 Å². The molecular weight excluding hydrogens is 536 g/mol. The van der Waals surface area contributed by atoms with E-state index >= 15 is 0 Å². The lowest BCUT2D eigenvalue weighted by Crippen LogP contribution is -2.33. The summed E-state index contributed by atoms with van der Waals surface area (Å²) in [4.78, 5) is 28.8. The largest absolute Gasteiger partial charge is 0.458 e. The summed E-state index contributed by atoms with van der Waals surface area (Å²) < 4.78 is 107. The zero-order valence-electron chi connectivity index (χ0n) is 18.7. The fraction of sp³-hybridized carbons (Fsp3) is 0.273. The molecule has 0 atom stereocenters. The number of hydrogen-bond donors (Lipinski definition) is 0. The lowest BCUT2D eigenvalue weighted by atomic mass is 10.0. The van der Waals surface area contributed by atoms with E-state index in [4.69, 9.17) is 9.59 Å². The Morgan fingerprint density at radius 2 is 1.59 bits per heavy atom. The molecule has 0 saturated heterocycles. The highest BCUT2D eigenvalue weighted by molar-refractivity contribution is 7.99. The van der Waals surface area contributed by atoms with Crippen LogP contribution in [0.2, 0.25) is 0 Å². The number of alkyl halides is 8. The molecule has 0 unspecified atom stereocenters. The van der Waals surface area contributed by atoms with Crippen LogP contribution in [0.3, 0.4) is 0 Å². The number of nitrogens with zero attached hydrogens (tertiary/aromatic N) is 4. The summed E-state index contributed by atoms with van der Waals surface area (Å²) in [6.45, 7) is 1.79. The minimum atomic E-state index is -5.76. The molecule has 6 nitrogen and oxygen atoms in total. The van der Waals surface area contributed by atoms with Crippen molar-refractivity contribution in [3.05, 3.63) is 47.8 Å². The SMILES string of the molecule is CCSc1cc2cc(C(F)(F)C(F)(F)F)ccc2nc1-c1nc2cc(C(F)(F)F)ncc2n1C.O=C=O. The number of fused-ring (bicyclic) bond motifs is 2. The van der Waals surface area contributed by atoms with Crippen molar-refractivity contribution in [1.29, 1.82) is 0 Å². The zero-order valence-corrected chi connectivity index (χ0v) is 19.5. The van der Waals surface area contributed by atoms with E-state index in [0.717, 1.165) is 24.4 Å². The second kappa shape index (κ2) is 10.1. The summed E-state index contributed by atoms with van der Waals surface area (Å²) in [6, 6.07) is 4.64. The molecule has 3 aromatic heterocycles. The van der Waals surface area contributed by atoms with E-state index in [0.29, 0.717) is 22.2 Å². The number of aryl methyl sites for hydroxylation is 1. The molecule has 4 aromatic rings. The lowest BCUT2D eigenvalue weighted by molar-refractivity contribution is -0.289. The van der Waals surface area contributed by atoms with Crippen molar-refractivity contribution in [2.24, 2.45) is 7.05 Å². The van der Waals surface area contributed by atoms with E-state index in [9.17, 15) is 35.1 Å². The second-order valence-electron chi connectivity index (χ2n) is 7.38. The van der Waals surface area contributed by atoms with E-state index in [2.05, 4.69) is 15.0 Å². The maximum atomic E-state index is 13.8. The zero-order chi connectivity index (χ0) is 27.8. The van der Waals surface area contributed by atoms with Crippen molar-refractivity contribution >= 4 is 39.8 Å². The normalized spacial score (nSPS) is 12.4. The molecule has 0 fully saturated rings. The van der Waals surface area contributed by atoms with Gasteiger partial charge in [0.15, 0.2) is 5.82 Å². The molecule has 0 aliphatic carbocycles. The molecule has 0 aliphatic rings. The molecule has 0 radical (unpaired) electrons. The molecule has 0 N–H and O–H groups in total. The first kappa shape index (κ1) is 28.0. The van der Waals surface area contributed by atoms with Crippen molar-refractivity contribution in [1.82, 2.24) is 19.5 Å². The molecule has 0 saturated carbocycles. The monoisotopic (exact) mass is 550 g/mol. The van der Waals surface area contributed by atoms with Crippen LogP contribution in [0, 0.1) is 0 Å². The van der Waals surface area contributed by atoms with Crippen LogP contribution in [-0.2, 0) is 28.7 Å². The van der Waals surface area contributed by atoms with Gasteiger partial charge in [0, 0.05) is 22.9 Å². The molecule has 0 amide bonds. The Balaban J connectivity index is 0.00000121. The number of hydrogen-bond acceptors (Lipinski definition) is 6. The number of carbonyl (C=O) groups excluding carboxylic acids is 2. The molecule has 196 valence electrons. The third kappa shape index (κ3) is 5.42. The summed E-state index contributed by atoms with van der Waals surface area (Å²) in [6.07, 6.45) is -9.13. The van der Waals surface area contributed by atoms with Crippen LogP contribution in [-0.4, -0.2) is 37.6 Å². The first-order valence-electron chi connectivity index (χ1n) is 10.1. The van der Waals surface area contributed by atoms with Gasteiger partial charge in [0.05, 0.1) is 22.7 Å². The van der Waals surface area contributed by atoms with Crippen molar-refractivity contribution in [2.45, 2.75) is 30.1 Å². The summed E-state index contributed by atoms with van der Waals surface area (Å²) in [5.41, 5.74) is -1.63. The van der Waals surface area contributed by atoms with Gasteiger partial charge in [-0.25, -0.2) is 15.0 Å². The van der Waals surface area contributed by atoms with E-state index < -0.39 is 29.5 Å². The number of aromatic nitrogens is 4. The van der Waals surface area contributed by atoms with Gasteiger partial charge in [-0.1, -0.05) is 13.0 Å². The number of halogens is 8. The van der Waals surface area contributed by atoms with Crippen LogP contribution in [0.1, 0.15) is 18.2 Å². The fourth-order valence-electron chi connectivity index (χ4n) is 3.40. The number of imidazole rings is 1. The number of pyridine rings is 2. The van der Waals surface area contributed by atoms with Crippen LogP contribution < -0.4 is 0 Å². The molecule has 15 heteroatoms. The summed E-state index contributed by atoms with van der Waals surface area (Å²) in [5.74, 6) is -4.35. The summed E-state index contributed by atoms with van der Waals surface area (Å²) in [5, 5.41) is 0.0564. The van der Waals surface area contributed by atoms with Gasteiger partial charge in [-0.05, 0) is 30.0 Å². The Kier molecular flexibility index (Phi) is 7.61. The van der Waals surface area contributed by atoms with Gasteiger partial charge >= 0.3 is 24.4 Å². The minimum Gasteiger partial charge on any atom is -0.325 e. The van der Waals surface area contributed by atoms with Gasteiger partial charge in [-0.3, -0.25) is 0 Å². The van der Waals surface area contributed by atoms with Crippen LogP contribution >= 0.6 is 11.8 Å². The van der Waals surface area contributed by atoms with Crippen molar-refractivity contribution in [3.63, 3.8) is 0 Å². The predicted molar refractivity (Wildman–Crippen MR) is 116 cm³/mol. The first-order valence-corrected chi connectivity index (χ1v) is 11.1. The lowest BCUT2D eigenvalue weighted by Gasteiger charge is -2.20. The Bertz CT molecular complexity index is 1490. The molecule has 37 heavy (non-hydrogen) atoms. The van der Waals surface area contributed by atoms with Crippen LogP contribution in [0.4, 0.5) is 35.1 Å².